The summed E-state index contributed by atoms with van der Waals surface area (Å²) in [7, 11) is 0. The predicted octanol–water partition coefficient (Wildman–Crippen LogP) is 2.24. The van der Waals surface area contributed by atoms with Gasteiger partial charge >= 0.3 is 0 Å². The Morgan fingerprint density at radius 2 is 2.29 bits per heavy atom. The molecule has 0 fully saturated rings. The van der Waals surface area contributed by atoms with Gasteiger partial charge in [-0.25, -0.2) is 4.98 Å². The number of rotatable bonds is 3. The summed E-state index contributed by atoms with van der Waals surface area (Å²) in [5.74, 6) is -0.168. The molecule has 0 saturated carbocycles. The minimum Gasteiger partial charge on any atom is -0.369 e. The fourth-order valence-electron chi connectivity index (χ4n) is 3.22. The molecule has 2 atom stereocenters. The Morgan fingerprint density at radius 3 is 3.17 bits per heavy atom. The summed E-state index contributed by atoms with van der Waals surface area (Å²) in [5.41, 5.74) is 5.21. The van der Waals surface area contributed by atoms with Gasteiger partial charge in [0.1, 0.15) is 0 Å². The molecule has 1 aliphatic heterocycles. The van der Waals surface area contributed by atoms with Crippen molar-refractivity contribution in [3.63, 3.8) is 0 Å². The van der Waals surface area contributed by atoms with Crippen molar-refractivity contribution in [1.29, 1.82) is 0 Å². The third kappa shape index (κ3) is 2.56. The molecule has 7 heteroatoms. The highest BCUT2D eigenvalue weighted by Gasteiger charge is 2.29. The maximum Gasteiger partial charge on any atom is 0.272 e. The van der Waals surface area contributed by atoms with Gasteiger partial charge in [0, 0.05) is 18.5 Å². The van der Waals surface area contributed by atoms with E-state index < -0.39 is 0 Å². The van der Waals surface area contributed by atoms with Gasteiger partial charge < -0.3 is 15.0 Å². The summed E-state index contributed by atoms with van der Waals surface area (Å²) in [6.45, 7) is 4.42. The lowest BCUT2D eigenvalue weighted by atomic mass is 9.99. The van der Waals surface area contributed by atoms with Gasteiger partial charge in [0.15, 0.2) is 5.69 Å². The zero-order chi connectivity index (χ0) is 16.7. The lowest BCUT2D eigenvalue weighted by Crippen LogP contribution is -2.27. The molecule has 24 heavy (non-hydrogen) atoms. The molecule has 0 saturated heterocycles. The lowest BCUT2D eigenvalue weighted by Gasteiger charge is -2.25. The molecule has 3 N–H and O–H groups in total. The second kappa shape index (κ2) is 5.76. The average Bonchev–Trinajstić information content (AvgIpc) is 3.18. The number of hydrogen-bond donors (Lipinski definition) is 3. The van der Waals surface area contributed by atoms with Crippen LogP contribution in [0.1, 0.15) is 47.3 Å². The van der Waals surface area contributed by atoms with Gasteiger partial charge in [-0.05, 0) is 31.5 Å². The first-order valence-corrected chi connectivity index (χ1v) is 8.04. The molecule has 4 rings (SSSR count). The van der Waals surface area contributed by atoms with E-state index in [4.69, 9.17) is 4.74 Å². The highest BCUT2D eigenvalue weighted by Crippen LogP contribution is 2.30. The minimum atomic E-state index is -0.168. The van der Waals surface area contributed by atoms with Gasteiger partial charge in [-0.1, -0.05) is 6.07 Å². The highest BCUT2D eigenvalue weighted by molar-refractivity contribution is 5.94. The first-order chi connectivity index (χ1) is 11.6. The number of H-pyrrole nitrogens is 2. The third-order valence-electron chi connectivity index (χ3n) is 4.39. The van der Waals surface area contributed by atoms with E-state index in [1.54, 1.807) is 6.33 Å². The number of hydrogen-bond acceptors (Lipinski definition) is 4. The summed E-state index contributed by atoms with van der Waals surface area (Å²) in [6.07, 6.45) is 2.37. The van der Waals surface area contributed by atoms with Crippen LogP contribution in [0.15, 0.2) is 24.5 Å². The van der Waals surface area contributed by atoms with Crippen molar-refractivity contribution < 1.29 is 9.53 Å². The van der Waals surface area contributed by atoms with E-state index >= 15 is 0 Å². The van der Waals surface area contributed by atoms with Crippen LogP contribution in [0.25, 0.3) is 11.0 Å². The number of carbonyl (C=O) groups is 1. The zero-order valence-electron chi connectivity index (χ0n) is 13.6. The Bertz CT molecular complexity index is 897. The number of aromatic amines is 2. The van der Waals surface area contributed by atoms with Crippen molar-refractivity contribution in [2.24, 2.45) is 0 Å². The number of amides is 1. The third-order valence-corrected chi connectivity index (χ3v) is 4.39. The van der Waals surface area contributed by atoms with E-state index in [-0.39, 0.29) is 18.1 Å². The molecular formula is C17H19N5O2. The standard InChI is InChI=1S/C17H19N5O2/c1-9-5-12-15(10(2)24-9)21-22-16(12)17(23)18-7-11-3-4-13-14(6-11)20-8-19-13/h3-4,6,8-10H,5,7H2,1-2H3,(H,18,23)(H,19,20)(H,21,22)/t9-,10+/m1/s1. The van der Waals surface area contributed by atoms with Gasteiger partial charge in [0.05, 0.1) is 35.3 Å². The van der Waals surface area contributed by atoms with Gasteiger partial charge in [-0.3, -0.25) is 9.89 Å². The molecule has 0 aliphatic carbocycles. The molecule has 0 unspecified atom stereocenters. The van der Waals surface area contributed by atoms with E-state index in [1.807, 2.05) is 32.0 Å². The zero-order valence-corrected chi connectivity index (χ0v) is 13.6. The predicted molar refractivity (Wildman–Crippen MR) is 88.5 cm³/mol. The minimum absolute atomic E-state index is 0.0689. The first kappa shape index (κ1) is 14.9. The van der Waals surface area contributed by atoms with Crippen molar-refractivity contribution in [2.45, 2.75) is 39.0 Å². The molecule has 3 aromatic rings. The van der Waals surface area contributed by atoms with Crippen LogP contribution in [-0.2, 0) is 17.7 Å². The van der Waals surface area contributed by atoms with E-state index in [1.165, 1.54) is 0 Å². The van der Waals surface area contributed by atoms with Crippen LogP contribution in [0.2, 0.25) is 0 Å². The number of fused-ring (bicyclic) bond motifs is 2. The number of imidazole rings is 1. The topological polar surface area (TPSA) is 95.7 Å². The van der Waals surface area contributed by atoms with Crippen LogP contribution in [0.3, 0.4) is 0 Å². The van der Waals surface area contributed by atoms with Crippen LogP contribution >= 0.6 is 0 Å². The Kier molecular flexibility index (Phi) is 3.57. The summed E-state index contributed by atoms with van der Waals surface area (Å²) < 4.78 is 5.76. The summed E-state index contributed by atoms with van der Waals surface area (Å²) >= 11 is 0. The second-order valence-corrected chi connectivity index (χ2v) is 6.19. The Balaban J connectivity index is 1.50. The highest BCUT2D eigenvalue weighted by atomic mass is 16.5. The molecule has 7 nitrogen and oxygen atoms in total. The van der Waals surface area contributed by atoms with Crippen LogP contribution in [0, 0.1) is 0 Å². The quantitative estimate of drug-likeness (QED) is 0.688. The molecule has 0 radical (unpaired) electrons. The number of nitrogens with one attached hydrogen (secondary N) is 3. The van der Waals surface area contributed by atoms with Crippen molar-refractivity contribution in [3.05, 3.63) is 47.0 Å². The largest absolute Gasteiger partial charge is 0.369 e. The van der Waals surface area contributed by atoms with Crippen molar-refractivity contribution in [2.75, 3.05) is 0 Å². The molecule has 3 heterocycles. The average molecular weight is 325 g/mol. The number of ether oxygens (including phenoxy) is 1. The summed E-state index contributed by atoms with van der Waals surface area (Å²) in [6, 6.07) is 5.88. The smallest absolute Gasteiger partial charge is 0.272 e. The van der Waals surface area contributed by atoms with Crippen LogP contribution < -0.4 is 5.32 Å². The van der Waals surface area contributed by atoms with E-state index in [9.17, 15) is 4.79 Å². The Morgan fingerprint density at radius 1 is 1.42 bits per heavy atom. The number of aromatic nitrogens is 4. The molecule has 1 aromatic carbocycles. The Labute approximate surface area is 138 Å². The summed E-state index contributed by atoms with van der Waals surface area (Å²) in [4.78, 5) is 19.8. The maximum absolute atomic E-state index is 12.5. The van der Waals surface area contributed by atoms with E-state index in [0.29, 0.717) is 18.7 Å². The Hall–Kier alpha value is -2.67. The van der Waals surface area contributed by atoms with Crippen LogP contribution in [0.4, 0.5) is 0 Å². The van der Waals surface area contributed by atoms with Gasteiger partial charge in [0.2, 0.25) is 0 Å². The number of benzene rings is 1. The van der Waals surface area contributed by atoms with Crippen molar-refractivity contribution in [3.8, 4) is 0 Å². The molecule has 0 spiro atoms. The van der Waals surface area contributed by atoms with Gasteiger partial charge in [-0.2, -0.15) is 5.10 Å². The van der Waals surface area contributed by atoms with E-state index in [2.05, 4.69) is 25.5 Å². The fourth-order valence-corrected chi connectivity index (χ4v) is 3.22. The molecular weight excluding hydrogens is 306 g/mol. The molecule has 2 aromatic heterocycles. The van der Waals surface area contributed by atoms with Crippen LogP contribution in [0.5, 0.6) is 0 Å². The first-order valence-electron chi connectivity index (χ1n) is 8.04. The molecule has 124 valence electrons. The molecule has 1 aliphatic rings. The lowest BCUT2D eigenvalue weighted by molar-refractivity contribution is -0.00697. The van der Waals surface area contributed by atoms with Crippen molar-refractivity contribution in [1.82, 2.24) is 25.5 Å². The second-order valence-electron chi connectivity index (χ2n) is 6.19. The van der Waals surface area contributed by atoms with Gasteiger partial charge in [0.25, 0.3) is 5.91 Å². The molecule has 0 bridgehead atoms. The maximum atomic E-state index is 12.5. The number of carbonyl (C=O) groups excluding carboxylic acids is 1. The van der Waals surface area contributed by atoms with E-state index in [0.717, 1.165) is 27.9 Å². The SMILES string of the molecule is C[C@@H]1Cc2c(C(=O)NCc3ccc4nc[nH]c4c3)n[nH]c2[C@H](C)O1. The van der Waals surface area contributed by atoms with Crippen molar-refractivity contribution >= 4 is 16.9 Å². The molecule has 1 amide bonds. The van der Waals surface area contributed by atoms with Gasteiger partial charge in [-0.15, -0.1) is 0 Å². The normalized spacial score (nSPS) is 20.1. The summed E-state index contributed by atoms with van der Waals surface area (Å²) in [5, 5.41) is 10.1. The number of nitrogens with zero attached hydrogens (tertiary/aromatic N) is 2. The monoisotopic (exact) mass is 325 g/mol. The fraction of sp³-hybridized carbons (Fsp3) is 0.353. The van der Waals surface area contributed by atoms with Crippen LogP contribution in [-0.4, -0.2) is 32.2 Å².